The quantitative estimate of drug-likeness (QED) is 0.121. The molecular formula is C29H33N8O5P. The maximum Gasteiger partial charge on any atom is 0.491 e. The lowest BCUT2D eigenvalue weighted by atomic mass is 10.1. The predicted molar refractivity (Wildman–Crippen MR) is 160 cm³/mol. The first-order chi connectivity index (χ1) is 20.8. The molecule has 1 aliphatic rings. The van der Waals surface area contributed by atoms with Crippen LogP contribution in [0, 0.1) is 0 Å². The summed E-state index contributed by atoms with van der Waals surface area (Å²) in [6.07, 6.45) is 12.1. The van der Waals surface area contributed by atoms with Crippen LogP contribution in [-0.2, 0) is 22.8 Å². The van der Waals surface area contributed by atoms with Crippen molar-refractivity contribution in [3.05, 3.63) is 79.1 Å². The number of fused-ring (bicyclic) bond motifs is 1. The van der Waals surface area contributed by atoms with Gasteiger partial charge in [0.1, 0.15) is 17.7 Å². The normalized spacial score (nSPS) is 14.0. The molecule has 4 aromatic heterocycles. The van der Waals surface area contributed by atoms with Crippen LogP contribution in [0.15, 0.2) is 73.6 Å². The summed E-state index contributed by atoms with van der Waals surface area (Å²) < 4.78 is 26.5. The number of aromatic nitrogens is 6. The van der Waals surface area contributed by atoms with Gasteiger partial charge >= 0.3 is 7.82 Å². The highest BCUT2D eigenvalue weighted by atomic mass is 31.2. The third-order valence-corrected chi connectivity index (χ3v) is 7.67. The predicted octanol–water partition coefficient (Wildman–Crippen LogP) is 4.09. The van der Waals surface area contributed by atoms with Crippen molar-refractivity contribution in [2.24, 2.45) is 7.05 Å². The molecule has 1 saturated heterocycles. The molecule has 224 valence electrons. The van der Waals surface area contributed by atoms with E-state index in [-0.39, 0.29) is 12.4 Å². The first-order valence-corrected chi connectivity index (χ1v) is 15.6. The van der Waals surface area contributed by atoms with Gasteiger partial charge in [0, 0.05) is 43.7 Å². The Morgan fingerprint density at radius 2 is 1.81 bits per heavy atom. The molecule has 5 heterocycles. The molecular weight excluding hydrogens is 571 g/mol. The Hall–Kier alpha value is -4.13. The highest BCUT2D eigenvalue weighted by Gasteiger charge is 2.24. The highest BCUT2D eigenvalue weighted by Crippen LogP contribution is 2.39. The summed E-state index contributed by atoms with van der Waals surface area (Å²) in [5.41, 5.74) is 4.54. The molecule has 0 saturated carbocycles. The van der Waals surface area contributed by atoms with Crippen molar-refractivity contribution in [2.45, 2.75) is 25.8 Å². The minimum absolute atomic E-state index is 0.0283. The SMILES string of the molecule is Cn1cc(-c2ccc(CN(OP(=O)(O)O)c3cc(-c4cnc5cc(OCCCN6CCCC6)ccn45)ncn3)cc2)cn1. The lowest BCUT2D eigenvalue weighted by Gasteiger charge is -2.23. The number of rotatable bonds is 12. The van der Waals surface area contributed by atoms with Gasteiger partial charge in [-0.05, 0) is 49.5 Å². The Balaban J connectivity index is 1.18. The summed E-state index contributed by atoms with van der Waals surface area (Å²) in [5.74, 6) is 0.919. The van der Waals surface area contributed by atoms with Crippen LogP contribution in [0.3, 0.4) is 0 Å². The minimum Gasteiger partial charge on any atom is -0.493 e. The Morgan fingerprint density at radius 1 is 1.00 bits per heavy atom. The van der Waals surface area contributed by atoms with Crippen LogP contribution in [0.2, 0.25) is 0 Å². The maximum absolute atomic E-state index is 11.9. The zero-order chi connectivity index (χ0) is 29.8. The molecule has 5 aromatic rings. The molecule has 0 amide bonds. The molecule has 0 atom stereocenters. The number of imidazole rings is 1. The number of anilines is 1. The standard InChI is InChI=1S/C29H33N8O5P/c1-34-20-24(17-33-34)23-7-5-22(6-8-23)19-37(42-43(38,39)40)29-16-26(31-21-32-29)27-18-30-28-15-25(9-13-36(27)28)41-14-4-12-35-10-2-3-11-35/h5-9,13,15-18,20-21H,2-4,10-12,14,19H2,1H3,(H2,38,39,40). The van der Waals surface area contributed by atoms with Gasteiger partial charge in [0.2, 0.25) is 0 Å². The van der Waals surface area contributed by atoms with Gasteiger partial charge in [0.05, 0.1) is 36.9 Å². The van der Waals surface area contributed by atoms with E-state index in [1.54, 1.807) is 23.1 Å². The molecule has 14 heteroatoms. The first-order valence-electron chi connectivity index (χ1n) is 14.1. The minimum atomic E-state index is -4.90. The lowest BCUT2D eigenvalue weighted by molar-refractivity contribution is 0.174. The second-order valence-electron chi connectivity index (χ2n) is 10.5. The summed E-state index contributed by atoms with van der Waals surface area (Å²) in [6, 6.07) is 12.9. The molecule has 13 nitrogen and oxygen atoms in total. The Labute approximate surface area is 248 Å². The summed E-state index contributed by atoms with van der Waals surface area (Å²) in [7, 11) is -3.05. The Morgan fingerprint density at radius 3 is 2.56 bits per heavy atom. The molecule has 2 N–H and O–H groups in total. The zero-order valence-corrected chi connectivity index (χ0v) is 24.6. The van der Waals surface area contributed by atoms with Crippen LogP contribution in [0.25, 0.3) is 28.2 Å². The van der Waals surface area contributed by atoms with E-state index in [2.05, 4.69) is 25.0 Å². The fourth-order valence-electron chi connectivity index (χ4n) is 5.17. The van der Waals surface area contributed by atoms with Crippen LogP contribution in [0.5, 0.6) is 5.75 Å². The fourth-order valence-corrected chi connectivity index (χ4v) is 5.57. The first kappa shape index (κ1) is 29.0. The van der Waals surface area contributed by atoms with Crippen molar-refractivity contribution in [3.63, 3.8) is 0 Å². The molecule has 0 aliphatic carbocycles. The molecule has 0 unspecified atom stereocenters. The van der Waals surface area contributed by atoms with Crippen molar-refractivity contribution in [2.75, 3.05) is 31.3 Å². The molecule has 1 aromatic carbocycles. The molecule has 43 heavy (non-hydrogen) atoms. The molecule has 1 fully saturated rings. The third-order valence-electron chi connectivity index (χ3n) is 7.26. The summed E-state index contributed by atoms with van der Waals surface area (Å²) in [6.45, 7) is 4.07. The maximum atomic E-state index is 11.9. The van der Waals surface area contributed by atoms with Gasteiger partial charge in [0.25, 0.3) is 0 Å². The van der Waals surface area contributed by atoms with Gasteiger partial charge in [-0.3, -0.25) is 9.08 Å². The van der Waals surface area contributed by atoms with Crippen molar-refractivity contribution >= 4 is 19.3 Å². The van der Waals surface area contributed by atoms with E-state index >= 15 is 0 Å². The summed E-state index contributed by atoms with van der Waals surface area (Å²) in [5, 5.41) is 5.27. The number of aryl methyl sites for hydroxylation is 1. The number of ether oxygens (including phenoxy) is 1. The molecule has 0 spiro atoms. The number of hydroxylamine groups is 1. The average molecular weight is 605 g/mol. The second kappa shape index (κ2) is 12.6. The van der Waals surface area contributed by atoms with Gasteiger partial charge in [-0.2, -0.15) is 9.72 Å². The van der Waals surface area contributed by atoms with Gasteiger partial charge in [0.15, 0.2) is 5.82 Å². The zero-order valence-electron chi connectivity index (χ0n) is 23.7. The second-order valence-corrected chi connectivity index (χ2v) is 11.6. The number of pyridine rings is 1. The largest absolute Gasteiger partial charge is 0.493 e. The van der Waals surface area contributed by atoms with E-state index in [9.17, 15) is 14.4 Å². The van der Waals surface area contributed by atoms with Gasteiger partial charge in [-0.15, -0.1) is 0 Å². The molecule has 0 radical (unpaired) electrons. The van der Waals surface area contributed by atoms with Crippen LogP contribution in [0.1, 0.15) is 24.8 Å². The number of phosphoric acid groups is 1. The van der Waals surface area contributed by atoms with Gasteiger partial charge < -0.3 is 19.4 Å². The summed E-state index contributed by atoms with van der Waals surface area (Å²) >= 11 is 0. The van der Waals surface area contributed by atoms with E-state index in [0.717, 1.165) is 40.5 Å². The van der Waals surface area contributed by atoms with E-state index < -0.39 is 7.82 Å². The lowest BCUT2D eigenvalue weighted by Crippen LogP contribution is -2.23. The fraction of sp³-hybridized carbons (Fsp3) is 0.310. The van der Waals surface area contributed by atoms with Crippen LogP contribution in [0.4, 0.5) is 5.82 Å². The van der Waals surface area contributed by atoms with Gasteiger partial charge in [-0.25, -0.2) is 24.6 Å². The van der Waals surface area contributed by atoms with Crippen LogP contribution in [-0.4, -0.2) is 70.1 Å². The Kier molecular flexibility index (Phi) is 8.50. The molecule has 0 bridgehead atoms. The Bertz CT molecular complexity index is 1730. The van der Waals surface area contributed by atoms with E-state index in [4.69, 9.17) is 9.36 Å². The molecule has 1 aliphatic heterocycles. The average Bonchev–Trinajstić information content (AvgIpc) is 3.76. The third kappa shape index (κ3) is 7.27. The van der Waals surface area contributed by atoms with Crippen LogP contribution >= 0.6 is 7.82 Å². The number of hydrogen-bond donors (Lipinski definition) is 2. The number of benzene rings is 1. The van der Waals surface area contributed by atoms with E-state index in [1.165, 1.54) is 32.3 Å². The van der Waals surface area contributed by atoms with Crippen molar-refractivity contribution in [1.29, 1.82) is 0 Å². The van der Waals surface area contributed by atoms with E-state index in [0.29, 0.717) is 23.6 Å². The van der Waals surface area contributed by atoms with E-state index in [1.807, 2.05) is 60.2 Å². The topological polar surface area (TPSA) is 143 Å². The smallest absolute Gasteiger partial charge is 0.491 e. The number of hydrogen-bond acceptors (Lipinski definition) is 9. The van der Waals surface area contributed by atoms with Crippen LogP contribution < -0.4 is 9.80 Å². The number of nitrogens with zero attached hydrogens (tertiary/aromatic N) is 8. The number of likely N-dealkylation sites (tertiary alicyclic amines) is 1. The van der Waals surface area contributed by atoms with Crippen molar-refractivity contribution in [3.8, 4) is 28.3 Å². The highest BCUT2D eigenvalue weighted by molar-refractivity contribution is 7.46. The van der Waals surface area contributed by atoms with Crippen molar-refractivity contribution in [1.82, 2.24) is 34.0 Å². The summed E-state index contributed by atoms with van der Waals surface area (Å²) in [4.78, 5) is 34.9. The van der Waals surface area contributed by atoms with Gasteiger partial charge in [-0.1, -0.05) is 24.3 Å². The molecule has 6 rings (SSSR count). The monoisotopic (exact) mass is 604 g/mol. The van der Waals surface area contributed by atoms with Crippen molar-refractivity contribution < 1.29 is 23.7 Å².